The molecule has 0 amide bonds. The summed E-state index contributed by atoms with van der Waals surface area (Å²) in [6.07, 6.45) is 1.64. The first-order valence-corrected chi connectivity index (χ1v) is 6.04. The van der Waals surface area contributed by atoms with Gasteiger partial charge in [-0.1, -0.05) is 27.5 Å². The molecule has 0 aromatic heterocycles. The Balaban J connectivity index is 2.59. The van der Waals surface area contributed by atoms with Crippen molar-refractivity contribution in [3.05, 3.63) is 39.3 Å². The number of hydrogen-bond acceptors (Lipinski definition) is 3. The Hall–Kier alpha value is -1.000. The van der Waals surface area contributed by atoms with Gasteiger partial charge in [-0.3, -0.25) is 0 Å². The summed E-state index contributed by atoms with van der Waals surface area (Å²) in [5.41, 5.74) is 0.501. The van der Waals surface area contributed by atoms with Crippen molar-refractivity contribution in [2.45, 2.75) is 6.92 Å². The zero-order valence-electron chi connectivity index (χ0n) is 9.50. The first kappa shape index (κ1) is 14.1. The normalized spacial score (nSPS) is 11.2. The van der Waals surface area contributed by atoms with Crippen molar-refractivity contribution < 1.29 is 14.3 Å². The van der Waals surface area contributed by atoms with E-state index in [1.807, 2.05) is 6.07 Å². The smallest absolute Gasteiger partial charge is 0.333 e. The lowest BCUT2D eigenvalue weighted by Gasteiger charge is -2.06. The maximum absolute atomic E-state index is 11.1. The van der Waals surface area contributed by atoms with E-state index in [-0.39, 0.29) is 12.6 Å². The van der Waals surface area contributed by atoms with Gasteiger partial charge in [0, 0.05) is 10.0 Å². The highest BCUT2D eigenvalue weighted by molar-refractivity contribution is 9.10. The van der Waals surface area contributed by atoms with E-state index in [4.69, 9.17) is 16.3 Å². The van der Waals surface area contributed by atoms with Crippen LogP contribution in [0.15, 0.2) is 34.3 Å². The highest BCUT2D eigenvalue weighted by Crippen LogP contribution is 2.27. The van der Waals surface area contributed by atoms with E-state index in [0.717, 1.165) is 4.47 Å². The van der Waals surface area contributed by atoms with Crippen molar-refractivity contribution in [1.29, 1.82) is 0 Å². The van der Waals surface area contributed by atoms with Crippen molar-refractivity contribution in [2.24, 2.45) is 0 Å². The summed E-state index contributed by atoms with van der Waals surface area (Å²) >= 11 is 9.27. The molecule has 1 aromatic carbocycles. The highest BCUT2D eigenvalue weighted by Gasteiger charge is 2.04. The third-order valence-electron chi connectivity index (χ3n) is 2.03. The molecule has 0 radical (unpaired) electrons. The molecule has 0 unspecified atom stereocenters. The van der Waals surface area contributed by atoms with E-state index in [1.165, 1.54) is 7.11 Å². The van der Waals surface area contributed by atoms with E-state index in [2.05, 4.69) is 20.7 Å². The Bertz CT molecular complexity index is 443. The minimum Gasteiger partial charge on any atom is -0.488 e. The Morgan fingerprint density at radius 1 is 1.53 bits per heavy atom. The molecule has 1 rings (SSSR count). The van der Waals surface area contributed by atoms with E-state index in [0.29, 0.717) is 16.3 Å². The predicted octanol–water partition coefficient (Wildman–Crippen LogP) is 3.60. The quantitative estimate of drug-likeness (QED) is 0.628. The van der Waals surface area contributed by atoms with Crippen LogP contribution < -0.4 is 4.74 Å². The first-order chi connectivity index (χ1) is 8.04. The van der Waals surface area contributed by atoms with Crippen molar-refractivity contribution in [1.82, 2.24) is 0 Å². The van der Waals surface area contributed by atoms with E-state index in [9.17, 15) is 4.79 Å². The minimum absolute atomic E-state index is 0.266. The van der Waals surface area contributed by atoms with Gasteiger partial charge in [0.05, 0.1) is 12.1 Å². The summed E-state index contributed by atoms with van der Waals surface area (Å²) in [6.45, 7) is 1.93. The summed E-state index contributed by atoms with van der Waals surface area (Å²) in [4.78, 5) is 11.1. The molecule has 5 heteroatoms. The van der Waals surface area contributed by atoms with E-state index >= 15 is 0 Å². The average molecular weight is 320 g/mol. The Morgan fingerprint density at radius 3 is 2.82 bits per heavy atom. The summed E-state index contributed by atoms with van der Waals surface area (Å²) in [6, 6.07) is 5.33. The molecule has 0 aliphatic heterocycles. The summed E-state index contributed by atoms with van der Waals surface area (Å²) in [5, 5.41) is 0.517. The van der Waals surface area contributed by atoms with Crippen molar-refractivity contribution in [3.8, 4) is 5.75 Å². The average Bonchev–Trinajstić information content (AvgIpc) is 2.30. The molecule has 0 atom stereocenters. The molecule has 0 aliphatic carbocycles. The van der Waals surface area contributed by atoms with E-state index < -0.39 is 0 Å². The molecule has 0 spiro atoms. The van der Waals surface area contributed by atoms with Gasteiger partial charge in [0.2, 0.25) is 0 Å². The number of benzene rings is 1. The number of rotatable bonds is 4. The standard InChI is InChI=1S/C12H12BrClO3/c1-8(12(15)16-2)5-6-17-11-4-3-9(13)7-10(11)14/h3-5,7H,6H2,1-2H3. The molecule has 3 nitrogen and oxygen atoms in total. The number of methoxy groups -OCH3 is 1. The Kier molecular flexibility index (Phi) is 5.51. The lowest BCUT2D eigenvalue weighted by Crippen LogP contribution is -2.04. The molecule has 0 bridgehead atoms. The topological polar surface area (TPSA) is 35.5 Å². The molecule has 17 heavy (non-hydrogen) atoms. The first-order valence-electron chi connectivity index (χ1n) is 4.87. The highest BCUT2D eigenvalue weighted by atomic mass is 79.9. The molecule has 0 saturated carbocycles. The van der Waals surface area contributed by atoms with Gasteiger partial charge < -0.3 is 9.47 Å². The molecule has 1 aromatic rings. The summed E-state index contributed by atoms with van der Waals surface area (Å²) in [5.74, 6) is 0.208. The molecule has 92 valence electrons. The van der Waals surface area contributed by atoms with Gasteiger partial charge in [-0.05, 0) is 31.2 Å². The number of halogens is 2. The van der Waals surface area contributed by atoms with Crippen LogP contribution in [0.2, 0.25) is 5.02 Å². The van der Waals surface area contributed by atoms with Gasteiger partial charge in [0.25, 0.3) is 0 Å². The van der Waals surface area contributed by atoms with Gasteiger partial charge in [0.1, 0.15) is 12.4 Å². The maximum Gasteiger partial charge on any atom is 0.333 e. The van der Waals surface area contributed by atoms with Crippen LogP contribution in [0.4, 0.5) is 0 Å². The van der Waals surface area contributed by atoms with Crippen LogP contribution in [0.3, 0.4) is 0 Å². The second-order valence-corrected chi connectivity index (χ2v) is 4.59. The number of ether oxygens (including phenoxy) is 2. The van der Waals surface area contributed by atoms with Gasteiger partial charge in [-0.2, -0.15) is 0 Å². The summed E-state index contributed by atoms with van der Waals surface area (Å²) in [7, 11) is 1.34. The van der Waals surface area contributed by atoms with E-state index in [1.54, 1.807) is 25.1 Å². The van der Waals surface area contributed by atoms with Crippen LogP contribution >= 0.6 is 27.5 Å². The number of carbonyl (C=O) groups excluding carboxylic acids is 1. The summed E-state index contributed by atoms with van der Waals surface area (Å²) < 4.78 is 10.9. The van der Waals surface area contributed by atoms with Crippen LogP contribution in [-0.2, 0) is 9.53 Å². The van der Waals surface area contributed by atoms with Gasteiger partial charge in [0.15, 0.2) is 0 Å². The zero-order valence-corrected chi connectivity index (χ0v) is 11.8. The molecule has 0 aliphatic rings. The predicted molar refractivity (Wildman–Crippen MR) is 70.4 cm³/mol. The van der Waals surface area contributed by atoms with Crippen LogP contribution in [0.1, 0.15) is 6.92 Å². The molecular weight excluding hydrogens is 307 g/mol. The zero-order chi connectivity index (χ0) is 12.8. The molecular formula is C12H12BrClO3. The number of hydrogen-bond donors (Lipinski definition) is 0. The van der Waals surface area contributed by atoms with Crippen molar-refractivity contribution in [3.63, 3.8) is 0 Å². The lowest BCUT2D eigenvalue weighted by atomic mass is 10.3. The minimum atomic E-state index is -0.365. The van der Waals surface area contributed by atoms with Gasteiger partial charge >= 0.3 is 5.97 Å². The van der Waals surface area contributed by atoms with Gasteiger partial charge in [-0.25, -0.2) is 4.79 Å². The largest absolute Gasteiger partial charge is 0.488 e. The molecule has 0 saturated heterocycles. The third kappa shape index (κ3) is 4.40. The lowest BCUT2D eigenvalue weighted by molar-refractivity contribution is -0.136. The molecule has 0 fully saturated rings. The third-order valence-corrected chi connectivity index (χ3v) is 2.82. The number of carbonyl (C=O) groups is 1. The number of esters is 1. The van der Waals surface area contributed by atoms with Crippen LogP contribution in [0, 0.1) is 0 Å². The van der Waals surface area contributed by atoms with Crippen molar-refractivity contribution >= 4 is 33.5 Å². The monoisotopic (exact) mass is 318 g/mol. The van der Waals surface area contributed by atoms with Crippen LogP contribution in [0.5, 0.6) is 5.75 Å². The van der Waals surface area contributed by atoms with Crippen LogP contribution in [-0.4, -0.2) is 19.7 Å². The van der Waals surface area contributed by atoms with Crippen LogP contribution in [0.25, 0.3) is 0 Å². The second-order valence-electron chi connectivity index (χ2n) is 3.26. The Labute approximate surface area is 113 Å². The Morgan fingerprint density at radius 2 is 2.24 bits per heavy atom. The SMILES string of the molecule is COC(=O)C(C)=CCOc1ccc(Br)cc1Cl. The fourth-order valence-corrected chi connectivity index (χ4v) is 1.82. The van der Waals surface area contributed by atoms with Crippen molar-refractivity contribution in [2.75, 3.05) is 13.7 Å². The second kappa shape index (κ2) is 6.67. The molecule has 0 heterocycles. The fraction of sp³-hybridized carbons (Fsp3) is 0.250. The fourth-order valence-electron chi connectivity index (χ4n) is 1.09. The van der Waals surface area contributed by atoms with Gasteiger partial charge in [-0.15, -0.1) is 0 Å². The maximum atomic E-state index is 11.1. The molecule has 0 N–H and O–H groups in total.